The molecule has 1 aromatic heterocycles. The van der Waals surface area contributed by atoms with Crippen molar-refractivity contribution in [3.63, 3.8) is 0 Å². The zero-order valence-corrected chi connectivity index (χ0v) is 10.2. The molecule has 0 spiro atoms. The van der Waals surface area contributed by atoms with Crippen LogP contribution in [0.25, 0.3) is 0 Å². The number of ether oxygens (including phenoxy) is 1. The molecular formula is C11H13NO4S. The highest BCUT2D eigenvalue weighted by molar-refractivity contribution is 7.14. The second-order valence-electron chi connectivity index (χ2n) is 3.99. The second-order valence-corrected chi connectivity index (χ2v) is 5.07. The van der Waals surface area contributed by atoms with Crippen molar-refractivity contribution < 1.29 is 19.4 Å². The van der Waals surface area contributed by atoms with Crippen LogP contribution in [0, 0.1) is 0 Å². The van der Waals surface area contributed by atoms with Crippen molar-refractivity contribution in [3.8, 4) is 0 Å². The summed E-state index contributed by atoms with van der Waals surface area (Å²) >= 11 is 1.16. The van der Waals surface area contributed by atoms with Crippen molar-refractivity contribution >= 4 is 23.1 Å². The molecule has 0 bridgehead atoms. The van der Waals surface area contributed by atoms with Crippen LogP contribution in [0.1, 0.15) is 44.9 Å². The number of hydrogen-bond acceptors (Lipinski definition) is 5. The van der Waals surface area contributed by atoms with Gasteiger partial charge >= 0.3 is 5.97 Å². The Labute approximate surface area is 102 Å². The van der Waals surface area contributed by atoms with Crippen LogP contribution in [0.15, 0.2) is 0 Å². The van der Waals surface area contributed by atoms with Gasteiger partial charge in [0.1, 0.15) is 4.88 Å². The molecule has 17 heavy (non-hydrogen) atoms. The number of nitrogens with zero attached hydrogens (tertiary/aromatic N) is 1. The molecule has 2 heterocycles. The Morgan fingerprint density at radius 2 is 2.35 bits per heavy atom. The smallest absolute Gasteiger partial charge is 0.356 e. The Hall–Kier alpha value is -1.27. The molecule has 0 radical (unpaired) electrons. The van der Waals surface area contributed by atoms with Crippen LogP contribution in [0.5, 0.6) is 0 Å². The maximum absolute atomic E-state index is 11.3. The van der Waals surface area contributed by atoms with Crippen molar-refractivity contribution in [1.29, 1.82) is 0 Å². The first-order valence-electron chi connectivity index (χ1n) is 5.43. The number of thiazole rings is 1. The zero-order valence-electron chi connectivity index (χ0n) is 9.43. The maximum atomic E-state index is 11.3. The lowest BCUT2D eigenvalue weighted by atomic mass is 10.2. The Kier molecular flexibility index (Phi) is 3.54. The molecule has 5 nitrogen and oxygen atoms in total. The fourth-order valence-electron chi connectivity index (χ4n) is 1.84. The number of carboxylic acid groups (broad SMARTS) is 1. The molecule has 1 aliphatic rings. The van der Waals surface area contributed by atoms with Gasteiger partial charge in [0.25, 0.3) is 0 Å². The Morgan fingerprint density at radius 3 is 2.82 bits per heavy atom. The predicted molar refractivity (Wildman–Crippen MR) is 61.8 cm³/mol. The van der Waals surface area contributed by atoms with E-state index in [0.29, 0.717) is 11.4 Å². The molecule has 1 aromatic rings. The third kappa shape index (κ3) is 2.70. The summed E-state index contributed by atoms with van der Waals surface area (Å²) in [4.78, 5) is 26.5. The van der Waals surface area contributed by atoms with E-state index in [0.717, 1.165) is 30.8 Å². The van der Waals surface area contributed by atoms with Gasteiger partial charge in [-0.05, 0) is 12.8 Å². The van der Waals surface area contributed by atoms with Gasteiger partial charge in [0.2, 0.25) is 0 Å². The van der Waals surface area contributed by atoms with E-state index in [-0.39, 0.29) is 22.5 Å². The van der Waals surface area contributed by atoms with Crippen LogP contribution in [0.4, 0.5) is 0 Å². The lowest BCUT2D eigenvalue weighted by Gasteiger charge is -2.05. The number of carbonyl (C=O) groups excluding carboxylic acids is 1. The van der Waals surface area contributed by atoms with E-state index in [1.807, 2.05) is 0 Å². The number of Topliss-reactive ketones (excluding diaryl/α,β-unsaturated/α-hetero) is 1. The molecule has 0 amide bonds. The SMILES string of the molecule is CC(=O)c1sc(CC2CCCO2)nc1C(=O)O. The molecule has 1 saturated heterocycles. The molecule has 2 rings (SSSR count). The van der Waals surface area contributed by atoms with Crippen LogP contribution in [0.2, 0.25) is 0 Å². The summed E-state index contributed by atoms with van der Waals surface area (Å²) < 4.78 is 5.46. The first-order chi connectivity index (χ1) is 8.08. The molecule has 6 heteroatoms. The van der Waals surface area contributed by atoms with E-state index in [9.17, 15) is 9.59 Å². The molecule has 92 valence electrons. The van der Waals surface area contributed by atoms with E-state index < -0.39 is 5.97 Å². The summed E-state index contributed by atoms with van der Waals surface area (Å²) in [6, 6.07) is 0. The third-order valence-corrected chi connectivity index (χ3v) is 3.80. The van der Waals surface area contributed by atoms with E-state index in [2.05, 4.69) is 4.98 Å². The fourth-order valence-corrected chi connectivity index (χ4v) is 2.85. The molecule has 0 aromatic carbocycles. The van der Waals surface area contributed by atoms with Gasteiger partial charge in [-0.15, -0.1) is 11.3 Å². The topological polar surface area (TPSA) is 76.5 Å². The average Bonchev–Trinajstić information content (AvgIpc) is 2.86. The Bertz CT molecular complexity index is 417. The van der Waals surface area contributed by atoms with Crippen molar-refractivity contribution in [2.75, 3.05) is 6.61 Å². The number of ketones is 1. The first-order valence-corrected chi connectivity index (χ1v) is 6.25. The monoisotopic (exact) mass is 255 g/mol. The van der Waals surface area contributed by atoms with Crippen molar-refractivity contribution in [3.05, 3.63) is 15.6 Å². The van der Waals surface area contributed by atoms with Gasteiger partial charge in [-0.3, -0.25) is 4.79 Å². The first kappa shape index (κ1) is 12.2. The largest absolute Gasteiger partial charge is 0.476 e. The highest BCUT2D eigenvalue weighted by Crippen LogP contribution is 2.24. The lowest BCUT2D eigenvalue weighted by Crippen LogP contribution is -2.09. The molecular weight excluding hydrogens is 242 g/mol. The van der Waals surface area contributed by atoms with E-state index in [1.54, 1.807) is 0 Å². The fraction of sp³-hybridized carbons (Fsp3) is 0.545. The number of aromatic carboxylic acids is 1. The van der Waals surface area contributed by atoms with Crippen LogP contribution >= 0.6 is 11.3 Å². The second kappa shape index (κ2) is 4.93. The lowest BCUT2D eigenvalue weighted by molar-refractivity contribution is 0.0686. The minimum absolute atomic E-state index is 0.114. The van der Waals surface area contributed by atoms with E-state index in [4.69, 9.17) is 9.84 Å². The third-order valence-electron chi connectivity index (χ3n) is 2.62. The summed E-state index contributed by atoms with van der Waals surface area (Å²) in [5.74, 6) is -1.40. The summed E-state index contributed by atoms with van der Waals surface area (Å²) in [6.45, 7) is 2.11. The molecule has 1 unspecified atom stereocenters. The van der Waals surface area contributed by atoms with Gasteiger partial charge in [-0.2, -0.15) is 0 Å². The van der Waals surface area contributed by atoms with Crippen LogP contribution in [-0.2, 0) is 11.2 Å². The quantitative estimate of drug-likeness (QED) is 0.830. The molecule has 0 saturated carbocycles. The summed E-state index contributed by atoms with van der Waals surface area (Å²) in [5, 5.41) is 9.62. The predicted octanol–water partition coefficient (Wildman–Crippen LogP) is 1.77. The van der Waals surface area contributed by atoms with Gasteiger partial charge in [0, 0.05) is 20.0 Å². The molecule has 1 N–H and O–H groups in total. The van der Waals surface area contributed by atoms with Crippen molar-refractivity contribution in [1.82, 2.24) is 4.98 Å². The Morgan fingerprint density at radius 1 is 1.59 bits per heavy atom. The number of carbonyl (C=O) groups is 2. The minimum Gasteiger partial charge on any atom is -0.476 e. The summed E-state index contributed by atoms with van der Waals surface area (Å²) in [5.41, 5.74) is -0.129. The molecule has 0 aliphatic carbocycles. The van der Waals surface area contributed by atoms with E-state index in [1.165, 1.54) is 6.92 Å². The Balaban J connectivity index is 2.20. The highest BCUT2D eigenvalue weighted by atomic mass is 32.1. The van der Waals surface area contributed by atoms with E-state index >= 15 is 0 Å². The molecule has 1 atom stereocenters. The van der Waals surface area contributed by atoms with Gasteiger partial charge in [0.05, 0.1) is 11.1 Å². The summed E-state index contributed by atoms with van der Waals surface area (Å²) in [7, 11) is 0. The van der Waals surface area contributed by atoms with Gasteiger partial charge in [-0.25, -0.2) is 9.78 Å². The van der Waals surface area contributed by atoms with Gasteiger partial charge in [-0.1, -0.05) is 0 Å². The zero-order chi connectivity index (χ0) is 12.4. The van der Waals surface area contributed by atoms with Crippen LogP contribution in [-0.4, -0.2) is 34.6 Å². The van der Waals surface area contributed by atoms with Gasteiger partial charge < -0.3 is 9.84 Å². The van der Waals surface area contributed by atoms with Gasteiger partial charge in [0.15, 0.2) is 11.5 Å². The molecule has 1 fully saturated rings. The average molecular weight is 255 g/mol. The maximum Gasteiger partial charge on any atom is 0.356 e. The normalized spacial score (nSPS) is 19.5. The minimum atomic E-state index is -1.15. The van der Waals surface area contributed by atoms with Crippen LogP contribution < -0.4 is 0 Å². The number of rotatable bonds is 4. The van der Waals surface area contributed by atoms with Crippen molar-refractivity contribution in [2.24, 2.45) is 0 Å². The number of carboxylic acids is 1. The highest BCUT2D eigenvalue weighted by Gasteiger charge is 2.23. The number of hydrogen-bond donors (Lipinski definition) is 1. The van der Waals surface area contributed by atoms with Crippen molar-refractivity contribution in [2.45, 2.75) is 32.3 Å². The number of aromatic nitrogens is 1. The molecule has 1 aliphatic heterocycles. The van der Waals surface area contributed by atoms with Crippen LogP contribution in [0.3, 0.4) is 0 Å². The standard InChI is InChI=1S/C11H13NO4S/c1-6(13)10-9(11(14)15)12-8(17-10)5-7-3-2-4-16-7/h7H,2-5H2,1H3,(H,14,15). The summed E-state index contributed by atoms with van der Waals surface area (Å²) in [6.07, 6.45) is 2.71.